The van der Waals surface area contributed by atoms with E-state index in [2.05, 4.69) is 28.4 Å². The Kier molecular flexibility index (Phi) is 4.93. The Hall–Kier alpha value is -1.62. The zero-order valence-electron chi connectivity index (χ0n) is 13.6. The molecule has 1 aliphatic carbocycles. The van der Waals surface area contributed by atoms with E-state index in [1.807, 2.05) is 17.6 Å². The molecular weight excluding hydrogens is 276 g/mol. The Bertz CT molecular complexity index is 604. The van der Waals surface area contributed by atoms with Gasteiger partial charge in [0.2, 0.25) is 0 Å². The molecule has 2 aromatic rings. The van der Waals surface area contributed by atoms with E-state index >= 15 is 0 Å². The molecule has 22 heavy (non-hydrogen) atoms. The van der Waals surface area contributed by atoms with Gasteiger partial charge in [-0.2, -0.15) is 5.10 Å². The molecular formula is C17H26N4O. The lowest BCUT2D eigenvalue weighted by Crippen LogP contribution is -2.25. The molecule has 0 spiro atoms. The smallest absolute Gasteiger partial charge is 0.152 e. The third-order valence-electron chi connectivity index (χ3n) is 4.54. The fraction of sp³-hybridized carbons (Fsp3) is 0.647. The molecule has 1 saturated carbocycles. The summed E-state index contributed by atoms with van der Waals surface area (Å²) in [6.45, 7) is 5.78. The van der Waals surface area contributed by atoms with Crippen LogP contribution in [0.4, 0.5) is 5.82 Å². The lowest BCUT2D eigenvalue weighted by atomic mass is 9.98. The van der Waals surface area contributed by atoms with Crippen molar-refractivity contribution >= 4 is 11.3 Å². The van der Waals surface area contributed by atoms with Crippen LogP contribution in [0.15, 0.2) is 18.5 Å². The fourth-order valence-corrected chi connectivity index (χ4v) is 3.51. The molecule has 2 heterocycles. The standard InChI is InChI=1S/C17H26N4O/c1-3-22-16(14-6-4-5-7-14)8-9-18-17-15-12-13(2)20-21(15)11-10-19-17/h10-12,14,16H,3-9H2,1-2H3,(H,18,19). The zero-order chi connectivity index (χ0) is 15.4. The number of rotatable bonds is 7. The van der Waals surface area contributed by atoms with Gasteiger partial charge in [-0.1, -0.05) is 12.8 Å². The van der Waals surface area contributed by atoms with Crippen molar-refractivity contribution in [3.63, 3.8) is 0 Å². The topological polar surface area (TPSA) is 51.5 Å². The van der Waals surface area contributed by atoms with Gasteiger partial charge in [0, 0.05) is 25.5 Å². The van der Waals surface area contributed by atoms with Crippen molar-refractivity contribution in [1.82, 2.24) is 14.6 Å². The normalized spacial score (nSPS) is 17.2. The summed E-state index contributed by atoms with van der Waals surface area (Å²) in [6.07, 6.45) is 10.4. The summed E-state index contributed by atoms with van der Waals surface area (Å²) in [4.78, 5) is 4.45. The summed E-state index contributed by atoms with van der Waals surface area (Å²) < 4.78 is 7.85. The van der Waals surface area contributed by atoms with Gasteiger partial charge in [0.25, 0.3) is 0 Å². The second-order valence-electron chi connectivity index (χ2n) is 6.15. The number of aromatic nitrogens is 3. The van der Waals surface area contributed by atoms with Crippen molar-refractivity contribution in [3.8, 4) is 0 Å². The first-order valence-electron chi connectivity index (χ1n) is 8.44. The maximum Gasteiger partial charge on any atom is 0.152 e. The van der Waals surface area contributed by atoms with Gasteiger partial charge < -0.3 is 10.1 Å². The molecule has 1 aliphatic rings. The average Bonchev–Trinajstić information content (AvgIpc) is 3.15. The van der Waals surface area contributed by atoms with Gasteiger partial charge in [0.1, 0.15) is 5.52 Å². The van der Waals surface area contributed by atoms with Gasteiger partial charge in [-0.05, 0) is 45.1 Å². The van der Waals surface area contributed by atoms with Crippen LogP contribution in [0, 0.1) is 12.8 Å². The summed E-state index contributed by atoms with van der Waals surface area (Å²) >= 11 is 0. The van der Waals surface area contributed by atoms with E-state index in [1.54, 1.807) is 6.20 Å². The Morgan fingerprint density at radius 2 is 2.23 bits per heavy atom. The molecule has 1 unspecified atom stereocenters. The molecule has 0 saturated heterocycles. The highest BCUT2D eigenvalue weighted by atomic mass is 16.5. The van der Waals surface area contributed by atoms with Crippen LogP contribution in [0.25, 0.3) is 5.52 Å². The Balaban J connectivity index is 1.60. The molecule has 2 aromatic heterocycles. The number of nitrogens with zero attached hydrogens (tertiary/aromatic N) is 3. The lowest BCUT2D eigenvalue weighted by molar-refractivity contribution is 0.0183. The van der Waals surface area contributed by atoms with E-state index in [9.17, 15) is 0 Å². The molecule has 0 radical (unpaired) electrons. The summed E-state index contributed by atoms with van der Waals surface area (Å²) in [5, 5.41) is 7.88. The molecule has 5 heteroatoms. The average molecular weight is 302 g/mol. The molecule has 1 N–H and O–H groups in total. The SMILES string of the molecule is CCOC(CCNc1nccn2nc(C)cc12)C1CCCC1. The Morgan fingerprint density at radius 1 is 1.41 bits per heavy atom. The minimum absolute atomic E-state index is 0.381. The monoisotopic (exact) mass is 302 g/mol. The van der Waals surface area contributed by atoms with E-state index < -0.39 is 0 Å². The Morgan fingerprint density at radius 3 is 3.00 bits per heavy atom. The predicted octanol–water partition coefficient (Wildman–Crippen LogP) is 3.44. The number of anilines is 1. The molecule has 0 aromatic carbocycles. The Labute approximate surface area is 132 Å². The highest BCUT2D eigenvalue weighted by molar-refractivity contribution is 5.67. The van der Waals surface area contributed by atoms with E-state index in [4.69, 9.17) is 4.74 Å². The van der Waals surface area contributed by atoms with Crippen LogP contribution in [0.2, 0.25) is 0 Å². The molecule has 5 nitrogen and oxygen atoms in total. The third kappa shape index (κ3) is 3.40. The summed E-state index contributed by atoms with van der Waals surface area (Å²) in [5.41, 5.74) is 2.04. The third-order valence-corrected chi connectivity index (χ3v) is 4.54. The molecule has 0 amide bonds. The highest BCUT2D eigenvalue weighted by Gasteiger charge is 2.25. The minimum Gasteiger partial charge on any atom is -0.378 e. The largest absolute Gasteiger partial charge is 0.378 e. The molecule has 1 atom stereocenters. The quantitative estimate of drug-likeness (QED) is 0.851. The van der Waals surface area contributed by atoms with Gasteiger partial charge in [-0.3, -0.25) is 0 Å². The van der Waals surface area contributed by atoms with Crippen molar-refractivity contribution < 1.29 is 4.74 Å². The van der Waals surface area contributed by atoms with Gasteiger partial charge in [-0.15, -0.1) is 0 Å². The number of nitrogens with one attached hydrogen (secondary N) is 1. The summed E-state index contributed by atoms with van der Waals surface area (Å²) in [7, 11) is 0. The van der Waals surface area contributed by atoms with Crippen LogP contribution in [0.5, 0.6) is 0 Å². The van der Waals surface area contributed by atoms with Gasteiger partial charge >= 0.3 is 0 Å². The predicted molar refractivity (Wildman–Crippen MR) is 88.2 cm³/mol. The fourth-order valence-electron chi connectivity index (χ4n) is 3.51. The van der Waals surface area contributed by atoms with Crippen molar-refractivity contribution in [2.45, 2.75) is 52.1 Å². The minimum atomic E-state index is 0.381. The van der Waals surface area contributed by atoms with Crippen molar-refractivity contribution in [1.29, 1.82) is 0 Å². The van der Waals surface area contributed by atoms with Crippen molar-refractivity contribution in [3.05, 3.63) is 24.2 Å². The van der Waals surface area contributed by atoms with Gasteiger partial charge in [-0.25, -0.2) is 9.50 Å². The van der Waals surface area contributed by atoms with Crippen molar-refractivity contribution in [2.24, 2.45) is 5.92 Å². The van der Waals surface area contributed by atoms with Gasteiger partial charge in [0.05, 0.1) is 11.8 Å². The number of ether oxygens (including phenoxy) is 1. The first-order chi connectivity index (χ1) is 10.8. The molecule has 0 bridgehead atoms. The van der Waals surface area contributed by atoms with Crippen LogP contribution >= 0.6 is 0 Å². The maximum absolute atomic E-state index is 5.98. The molecule has 120 valence electrons. The molecule has 1 fully saturated rings. The van der Waals surface area contributed by atoms with Crippen LogP contribution < -0.4 is 5.32 Å². The molecule has 0 aliphatic heterocycles. The second-order valence-corrected chi connectivity index (χ2v) is 6.15. The number of hydrogen-bond donors (Lipinski definition) is 1. The number of aryl methyl sites for hydroxylation is 1. The maximum atomic E-state index is 5.98. The van der Waals surface area contributed by atoms with Crippen molar-refractivity contribution in [2.75, 3.05) is 18.5 Å². The van der Waals surface area contributed by atoms with Gasteiger partial charge in [0.15, 0.2) is 5.82 Å². The number of fused-ring (bicyclic) bond motifs is 1. The van der Waals surface area contributed by atoms with Crippen LogP contribution in [0.3, 0.4) is 0 Å². The van der Waals surface area contributed by atoms with E-state index in [1.165, 1.54) is 25.7 Å². The summed E-state index contributed by atoms with van der Waals surface area (Å²) in [5.74, 6) is 1.65. The zero-order valence-corrected chi connectivity index (χ0v) is 13.6. The molecule has 3 rings (SSSR count). The lowest BCUT2D eigenvalue weighted by Gasteiger charge is -2.23. The van der Waals surface area contributed by atoms with E-state index in [-0.39, 0.29) is 0 Å². The van der Waals surface area contributed by atoms with Crippen LogP contribution in [-0.4, -0.2) is 33.9 Å². The summed E-state index contributed by atoms with van der Waals surface area (Å²) in [6, 6.07) is 2.06. The van der Waals surface area contributed by atoms with E-state index in [0.29, 0.717) is 6.10 Å². The second kappa shape index (κ2) is 7.09. The first kappa shape index (κ1) is 15.3. The van der Waals surface area contributed by atoms with Crippen LogP contribution in [0.1, 0.15) is 44.7 Å². The highest BCUT2D eigenvalue weighted by Crippen LogP contribution is 2.30. The van der Waals surface area contributed by atoms with Crippen LogP contribution in [-0.2, 0) is 4.74 Å². The number of hydrogen-bond acceptors (Lipinski definition) is 4. The first-order valence-corrected chi connectivity index (χ1v) is 8.44. The van der Waals surface area contributed by atoms with E-state index in [0.717, 1.165) is 42.5 Å².